The minimum Gasteiger partial charge on any atom is -0.481 e. The van der Waals surface area contributed by atoms with Crippen LogP contribution in [0, 0.1) is 17.8 Å². The smallest absolute Gasteiger partial charge is 0.328 e. The van der Waals surface area contributed by atoms with Crippen LogP contribution in [0.2, 0.25) is 0 Å². The van der Waals surface area contributed by atoms with Crippen LogP contribution in [0.3, 0.4) is 0 Å². The first kappa shape index (κ1) is 14.5. The number of amides is 1. The third-order valence-electron chi connectivity index (χ3n) is 3.37. The zero-order chi connectivity index (χ0) is 13.9. The summed E-state index contributed by atoms with van der Waals surface area (Å²) in [5.74, 6) is -2.90. The molecular weight excluding hydrogens is 238 g/mol. The van der Waals surface area contributed by atoms with Crippen LogP contribution in [0.15, 0.2) is 0 Å². The van der Waals surface area contributed by atoms with Crippen molar-refractivity contribution in [3.63, 3.8) is 0 Å². The lowest BCUT2D eigenvalue weighted by Crippen LogP contribution is -2.44. The van der Waals surface area contributed by atoms with Crippen LogP contribution in [-0.4, -0.2) is 36.1 Å². The molecule has 0 aromatic carbocycles. The van der Waals surface area contributed by atoms with Crippen LogP contribution >= 0.6 is 0 Å². The third kappa shape index (κ3) is 3.21. The highest BCUT2D eigenvalue weighted by Crippen LogP contribution is 2.36. The quantitative estimate of drug-likeness (QED) is 0.712. The summed E-state index contributed by atoms with van der Waals surface area (Å²) >= 11 is 0. The number of hydrogen-bond acceptors (Lipinski definition) is 4. The number of carboxylic acids is 1. The first-order chi connectivity index (χ1) is 8.36. The van der Waals surface area contributed by atoms with Crippen LogP contribution in [0.4, 0.5) is 0 Å². The minimum absolute atomic E-state index is 0.204. The molecule has 1 aliphatic carbocycles. The number of ether oxygens (including phenoxy) is 1. The molecular formula is C12H19NO5. The average Bonchev–Trinajstić information content (AvgIpc) is 2.70. The van der Waals surface area contributed by atoms with Gasteiger partial charge < -0.3 is 15.2 Å². The van der Waals surface area contributed by atoms with E-state index in [1.54, 1.807) is 0 Å². The van der Waals surface area contributed by atoms with E-state index >= 15 is 0 Å². The zero-order valence-electron chi connectivity index (χ0n) is 10.8. The lowest BCUT2D eigenvalue weighted by molar-refractivity contribution is -0.147. The molecule has 4 atom stereocenters. The monoisotopic (exact) mass is 257 g/mol. The maximum absolute atomic E-state index is 12.0. The Balaban J connectivity index is 2.65. The molecule has 0 bridgehead atoms. The number of esters is 1. The summed E-state index contributed by atoms with van der Waals surface area (Å²) in [5, 5.41) is 11.6. The van der Waals surface area contributed by atoms with Gasteiger partial charge in [-0.25, -0.2) is 4.79 Å². The number of aliphatic carboxylic acids is 1. The van der Waals surface area contributed by atoms with Gasteiger partial charge in [-0.2, -0.15) is 0 Å². The molecule has 0 heterocycles. The number of hydrogen-bond donors (Lipinski definition) is 2. The maximum Gasteiger partial charge on any atom is 0.328 e. The molecule has 102 valence electrons. The van der Waals surface area contributed by atoms with Crippen molar-refractivity contribution in [1.29, 1.82) is 0 Å². The van der Waals surface area contributed by atoms with E-state index in [9.17, 15) is 14.4 Å². The Labute approximate surface area is 106 Å². The van der Waals surface area contributed by atoms with Gasteiger partial charge in [-0.3, -0.25) is 9.59 Å². The molecule has 0 aliphatic heterocycles. The summed E-state index contributed by atoms with van der Waals surface area (Å²) in [6.07, 6.45) is 1.04. The van der Waals surface area contributed by atoms with Gasteiger partial charge >= 0.3 is 11.9 Å². The number of nitrogens with one attached hydrogen (secondary N) is 1. The molecule has 0 spiro atoms. The maximum atomic E-state index is 12.0. The number of carbonyl (C=O) groups excluding carboxylic acids is 2. The Morgan fingerprint density at radius 1 is 1.28 bits per heavy atom. The topological polar surface area (TPSA) is 92.7 Å². The summed E-state index contributed by atoms with van der Waals surface area (Å²) in [6, 6.07) is -0.757. The van der Waals surface area contributed by atoms with E-state index in [0.717, 1.165) is 0 Å². The van der Waals surface area contributed by atoms with E-state index in [4.69, 9.17) is 5.11 Å². The number of methoxy groups -OCH3 is 1. The van der Waals surface area contributed by atoms with Gasteiger partial charge in [0.15, 0.2) is 0 Å². The van der Waals surface area contributed by atoms with Crippen LogP contribution in [0.25, 0.3) is 0 Å². The molecule has 0 saturated heterocycles. The Morgan fingerprint density at radius 3 is 2.33 bits per heavy atom. The number of carbonyl (C=O) groups is 3. The molecule has 6 nitrogen and oxygen atoms in total. The second-order valence-electron chi connectivity index (χ2n) is 4.88. The number of carboxylic acid groups (broad SMARTS) is 1. The highest BCUT2D eigenvalue weighted by Gasteiger charge is 2.41. The first-order valence-electron chi connectivity index (χ1n) is 5.97. The summed E-state index contributed by atoms with van der Waals surface area (Å²) in [7, 11) is 1.24. The zero-order valence-corrected chi connectivity index (χ0v) is 10.8. The second kappa shape index (κ2) is 5.84. The molecule has 0 aromatic rings. The van der Waals surface area contributed by atoms with Gasteiger partial charge in [0.25, 0.3) is 0 Å². The van der Waals surface area contributed by atoms with E-state index in [-0.39, 0.29) is 11.8 Å². The standard InChI is InChI=1S/C12H19NO5/c1-6-4-8(9(5-6)11(15)16)10(14)13-7(2)12(17)18-3/h6-9H,4-5H2,1-3H3,(H,13,14)(H,15,16)/t6?,7?,8-,9+/m0/s1. The summed E-state index contributed by atoms with van der Waals surface area (Å²) < 4.78 is 4.50. The van der Waals surface area contributed by atoms with Crippen LogP contribution in [-0.2, 0) is 19.1 Å². The van der Waals surface area contributed by atoms with E-state index in [0.29, 0.717) is 12.8 Å². The average molecular weight is 257 g/mol. The van der Waals surface area contributed by atoms with Crippen LogP contribution in [0.1, 0.15) is 26.7 Å². The first-order valence-corrected chi connectivity index (χ1v) is 5.97. The van der Waals surface area contributed by atoms with Gasteiger partial charge in [0, 0.05) is 0 Å². The molecule has 1 aliphatic rings. The van der Waals surface area contributed by atoms with Crippen molar-refractivity contribution in [2.24, 2.45) is 17.8 Å². The molecule has 1 amide bonds. The van der Waals surface area contributed by atoms with Crippen molar-refractivity contribution in [3.8, 4) is 0 Å². The summed E-state index contributed by atoms with van der Waals surface area (Å²) in [5.41, 5.74) is 0. The fourth-order valence-corrected chi connectivity index (χ4v) is 2.41. The molecule has 6 heteroatoms. The van der Waals surface area contributed by atoms with E-state index in [1.807, 2.05) is 6.92 Å². The molecule has 1 fully saturated rings. The molecule has 2 N–H and O–H groups in total. The predicted octanol–water partition coefficient (Wildman–Crippen LogP) is 0.411. The Bertz CT molecular complexity index is 354. The minimum atomic E-state index is -0.953. The van der Waals surface area contributed by atoms with Gasteiger partial charge in [0.1, 0.15) is 6.04 Å². The van der Waals surface area contributed by atoms with E-state index in [2.05, 4.69) is 10.1 Å². The number of rotatable bonds is 4. The van der Waals surface area contributed by atoms with Crippen molar-refractivity contribution >= 4 is 17.8 Å². The highest BCUT2D eigenvalue weighted by atomic mass is 16.5. The van der Waals surface area contributed by atoms with Crippen molar-refractivity contribution in [3.05, 3.63) is 0 Å². The molecule has 2 unspecified atom stereocenters. The lowest BCUT2D eigenvalue weighted by Gasteiger charge is -2.18. The molecule has 1 rings (SSSR count). The van der Waals surface area contributed by atoms with Gasteiger partial charge in [-0.15, -0.1) is 0 Å². The van der Waals surface area contributed by atoms with Crippen LogP contribution < -0.4 is 5.32 Å². The summed E-state index contributed by atoms with van der Waals surface area (Å²) in [6.45, 7) is 3.44. The Kier molecular flexibility index (Phi) is 4.69. The van der Waals surface area contributed by atoms with Crippen molar-refractivity contribution < 1.29 is 24.2 Å². The van der Waals surface area contributed by atoms with Gasteiger partial charge in [0.2, 0.25) is 5.91 Å². The SMILES string of the molecule is COC(=O)C(C)NC(=O)[C@H]1CC(C)C[C@H]1C(=O)O. The fourth-order valence-electron chi connectivity index (χ4n) is 2.41. The molecule has 1 saturated carbocycles. The van der Waals surface area contributed by atoms with E-state index < -0.39 is 29.8 Å². The van der Waals surface area contributed by atoms with E-state index in [1.165, 1.54) is 14.0 Å². The molecule has 18 heavy (non-hydrogen) atoms. The Morgan fingerprint density at radius 2 is 1.83 bits per heavy atom. The van der Waals surface area contributed by atoms with Crippen LogP contribution in [0.5, 0.6) is 0 Å². The largest absolute Gasteiger partial charge is 0.481 e. The van der Waals surface area contributed by atoms with Gasteiger partial charge in [0.05, 0.1) is 18.9 Å². The predicted molar refractivity (Wildman–Crippen MR) is 62.6 cm³/mol. The second-order valence-corrected chi connectivity index (χ2v) is 4.88. The van der Waals surface area contributed by atoms with Crippen molar-refractivity contribution in [2.75, 3.05) is 7.11 Å². The van der Waals surface area contributed by atoms with Crippen molar-refractivity contribution in [1.82, 2.24) is 5.32 Å². The van der Waals surface area contributed by atoms with Gasteiger partial charge in [-0.1, -0.05) is 6.92 Å². The molecule has 0 aromatic heterocycles. The molecule has 0 radical (unpaired) electrons. The highest BCUT2D eigenvalue weighted by molar-refractivity contribution is 5.88. The third-order valence-corrected chi connectivity index (χ3v) is 3.37. The lowest BCUT2D eigenvalue weighted by atomic mass is 9.95. The fraction of sp³-hybridized carbons (Fsp3) is 0.750. The Hall–Kier alpha value is -1.59. The van der Waals surface area contributed by atoms with Crippen molar-refractivity contribution in [2.45, 2.75) is 32.7 Å². The summed E-state index contributed by atoms with van der Waals surface area (Å²) in [4.78, 5) is 34.2. The normalized spacial score (nSPS) is 28.5. The van der Waals surface area contributed by atoms with Gasteiger partial charge in [-0.05, 0) is 25.7 Å².